The fourth-order valence-corrected chi connectivity index (χ4v) is 6.14. The van der Waals surface area contributed by atoms with Crippen molar-refractivity contribution in [1.29, 1.82) is 0 Å². The van der Waals surface area contributed by atoms with Gasteiger partial charge in [-0.15, -0.1) is 0 Å². The topological polar surface area (TPSA) is 105 Å². The summed E-state index contributed by atoms with van der Waals surface area (Å²) in [6.45, 7) is 5.04. The highest BCUT2D eigenvalue weighted by Gasteiger charge is 2.34. The van der Waals surface area contributed by atoms with E-state index in [1.165, 1.54) is 44.4 Å². The van der Waals surface area contributed by atoms with E-state index in [2.05, 4.69) is 5.32 Å². The predicted molar refractivity (Wildman–Crippen MR) is 160 cm³/mol. The van der Waals surface area contributed by atoms with E-state index in [0.717, 1.165) is 21.0 Å². The van der Waals surface area contributed by atoms with Crippen molar-refractivity contribution in [3.63, 3.8) is 0 Å². The standard InChI is InChI=1S/C30H36ClN3O6S/c1-7-26(30(36)32-4)33(18-22-8-10-23(31)11-9-22)29(35)19-34(24-15-20(2)14-21(3)16-24)41(37,38)25-12-13-27(39-5)28(17-25)40-6/h8-17,26H,7,18-19H2,1-6H3,(H,32,36). The Bertz CT molecular complexity index is 1470. The zero-order chi connectivity index (χ0) is 30.3. The van der Waals surface area contributed by atoms with Crippen LogP contribution in [0.4, 0.5) is 5.69 Å². The highest BCUT2D eigenvalue weighted by Crippen LogP contribution is 2.33. The molecule has 9 nitrogen and oxygen atoms in total. The van der Waals surface area contributed by atoms with Gasteiger partial charge >= 0.3 is 0 Å². The Morgan fingerprint density at radius 2 is 1.54 bits per heavy atom. The molecule has 0 aromatic heterocycles. The number of hydrogen-bond acceptors (Lipinski definition) is 6. The predicted octanol–water partition coefficient (Wildman–Crippen LogP) is 4.72. The van der Waals surface area contributed by atoms with Crippen molar-refractivity contribution in [3.8, 4) is 11.5 Å². The summed E-state index contributed by atoms with van der Waals surface area (Å²) in [6.07, 6.45) is 0.324. The molecule has 3 aromatic rings. The van der Waals surface area contributed by atoms with Gasteiger partial charge in [-0.25, -0.2) is 8.42 Å². The van der Waals surface area contributed by atoms with Gasteiger partial charge in [0.05, 0.1) is 24.8 Å². The van der Waals surface area contributed by atoms with Gasteiger partial charge in [-0.05, 0) is 73.4 Å². The third-order valence-corrected chi connectivity index (χ3v) is 8.64. The number of anilines is 1. The van der Waals surface area contributed by atoms with Gasteiger partial charge in [0.1, 0.15) is 12.6 Å². The Labute approximate surface area is 247 Å². The molecule has 1 atom stereocenters. The Morgan fingerprint density at radius 1 is 0.927 bits per heavy atom. The van der Waals surface area contributed by atoms with Gasteiger partial charge in [-0.1, -0.05) is 36.7 Å². The van der Waals surface area contributed by atoms with E-state index < -0.39 is 28.5 Å². The van der Waals surface area contributed by atoms with Crippen LogP contribution in [0, 0.1) is 13.8 Å². The molecular weight excluding hydrogens is 566 g/mol. The fourth-order valence-electron chi connectivity index (χ4n) is 4.60. The number of halogens is 1. The molecule has 0 radical (unpaired) electrons. The van der Waals surface area contributed by atoms with E-state index in [9.17, 15) is 18.0 Å². The lowest BCUT2D eigenvalue weighted by atomic mass is 10.1. The average Bonchev–Trinajstić information content (AvgIpc) is 2.95. The van der Waals surface area contributed by atoms with E-state index >= 15 is 0 Å². The number of amides is 2. The number of methoxy groups -OCH3 is 2. The second-order valence-corrected chi connectivity index (χ2v) is 11.9. The van der Waals surface area contributed by atoms with Gasteiger partial charge in [0.25, 0.3) is 10.0 Å². The first-order chi connectivity index (χ1) is 19.4. The summed E-state index contributed by atoms with van der Waals surface area (Å²) in [6, 6.07) is 15.7. The zero-order valence-corrected chi connectivity index (χ0v) is 25.7. The third kappa shape index (κ3) is 7.51. The molecule has 0 spiro atoms. The van der Waals surface area contributed by atoms with Gasteiger partial charge in [0.15, 0.2) is 11.5 Å². The van der Waals surface area contributed by atoms with Crippen molar-refractivity contribution < 1.29 is 27.5 Å². The Morgan fingerprint density at radius 3 is 2.07 bits per heavy atom. The number of rotatable bonds is 12. The lowest BCUT2D eigenvalue weighted by Crippen LogP contribution is -2.51. The van der Waals surface area contributed by atoms with Crippen molar-refractivity contribution in [2.45, 2.75) is 44.7 Å². The van der Waals surface area contributed by atoms with Crippen LogP contribution in [0.1, 0.15) is 30.0 Å². The molecule has 0 bridgehead atoms. The number of ether oxygens (including phenoxy) is 2. The molecule has 0 heterocycles. The first-order valence-corrected chi connectivity index (χ1v) is 14.9. The van der Waals surface area contributed by atoms with Crippen LogP contribution in [-0.2, 0) is 26.2 Å². The average molecular weight is 602 g/mol. The Hall–Kier alpha value is -3.76. The first kappa shape index (κ1) is 31.8. The van der Waals surface area contributed by atoms with Crippen LogP contribution in [0.2, 0.25) is 5.02 Å². The van der Waals surface area contributed by atoms with Crippen LogP contribution in [0.15, 0.2) is 65.6 Å². The number of nitrogens with zero attached hydrogens (tertiary/aromatic N) is 2. The number of nitrogens with one attached hydrogen (secondary N) is 1. The number of carbonyl (C=O) groups is 2. The molecular formula is C30H36ClN3O6S. The maximum Gasteiger partial charge on any atom is 0.264 e. The quantitative estimate of drug-likeness (QED) is 0.322. The lowest BCUT2D eigenvalue weighted by molar-refractivity contribution is -0.140. The maximum atomic E-state index is 14.2. The molecule has 41 heavy (non-hydrogen) atoms. The highest BCUT2D eigenvalue weighted by molar-refractivity contribution is 7.92. The van der Waals surface area contributed by atoms with Crippen LogP contribution in [0.5, 0.6) is 11.5 Å². The monoisotopic (exact) mass is 601 g/mol. The van der Waals surface area contributed by atoms with Gasteiger partial charge in [-0.2, -0.15) is 0 Å². The first-order valence-electron chi connectivity index (χ1n) is 13.0. The SMILES string of the molecule is CCC(C(=O)NC)N(Cc1ccc(Cl)cc1)C(=O)CN(c1cc(C)cc(C)c1)S(=O)(=O)c1ccc(OC)c(OC)c1. The van der Waals surface area contributed by atoms with Crippen molar-refractivity contribution in [1.82, 2.24) is 10.2 Å². The van der Waals surface area contributed by atoms with Crippen LogP contribution in [0.3, 0.4) is 0 Å². The molecule has 220 valence electrons. The van der Waals surface area contributed by atoms with E-state index in [1.807, 2.05) is 19.9 Å². The van der Waals surface area contributed by atoms with Crippen LogP contribution in [-0.4, -0.2) is 59.0 Å². The van der Waals surface area contributed by atoms with Gasteiger partial charge in [0, 0.05) is 24.7 Å². The minimum atomic E-state index is -4.28. The number of hydrogen-bond donors (Lipinski definition) is 1. The fraction of sp³-hybridized carbons (Fsp3) is 0.333. The summed E-state index contributed by atoms with van der Waals surface area (Å²) in [5.41, 5.74) is 2.72. The molecule has 3 rings (SSSR count). The Kier molecular flexibility index (Phi) is 10.6. The van der Waals surface area contributed by atoms with Crippen LogP contribution in [0.25, 0.3) is 0 Å². The number of carbonyl (C=O) groups excluding carboxylic acids is 2. The molecule has 0 aliphatic rings. The van der Waals surface area contributed by atoms with Crippen molar-refractivity contribution in [2.75, 3.05) is 32.1 Å². The zero-order valence-electron chi connectivity index (χ0n) is 24.1. The second-order valence-electron chi connectivity index (χ2n) is 9.56. The molecule has 11 heteroatoms. The Balaban J connectivity index is 2.13. The van der Waals surface area contributed by atoms with E-state index in [0.29, 0.717) is 22.9 Å². The maximum absolute atomic E-state index is 14.2. The number of aryl methyl sites for hydroxylation is 2. The molecule has 0 aliphatic heterocycles. The largest absolute Gasteiger partial charge is 0.493 e. The third-order valence-electron chi connectivity index (χ3n) is 6.61. The van der Waals surface area contributed by atoms with Crippen molar-refractivity contribution in [2.24, 2.45) is 0 Å². The summed E-state index contributed by atoms with van der Waals surface area (Å²) >= 11 is 6.05. The molecule has 0 aliphatic carbocycles. The van der Waals surface area contributed by atoms with E-state index in [4.69, 9.17) is 21.1 Å². The van der Waals surface area contributed by atoms with Crippen molar-refractivity contribution in [3.05, 3.63) is 82.4 Å². The number of likely N-dealkylation sites (N-methyl/N-ethyl adjacent to an activating group) is 1. The summed E-state index contributed by atoms with van der Waals surface area (Å²) in [4.78, 5) is 28.2. The molecule has 0 fully saturated rings. The summed E-state index contributed by atoms with van der Waals surface area (Å²) in [5, 5.41) is 3.15. The van der Waals surface area contributed by atoms with Crippen LogP contribution >= 0.6 is 11.6 Å². The van der Waals surface area contributed by atoms with E-state index in [-0.39, 0.29) is 23.1 Å². The van der Waals surface area contributed by atoms with Crippen molar-refractivity contribution >= 4 is 39.1 Å². The number of benzene rings is 3. The van der Waals surface area contributed by atoms with Crippen LogP contribution < -0.4 is 19.1 Å². The molecule has 3 aromatic carbocycles. The molecule has 0 saturated heterocycles. The summed E-state index contributed by atoms with van der Waals surface area (Å²) < 4.78 is 40.0. The minimum absolute atomic E-state index is 0.0790. The summed E-state index contributed by atoms with van der Waals surface area (Å²) in [7, 11) is 0.0923. The minimum Gasteiger partial charge on any atom is -0.493 e. The van der Waals surface area contributed by atoms with Gasteiger partial charge in [-0.3, -0.25) is 13.9 Å². The molecule has 2 amide bonds. The number of sulfonamides is 1. The lowest BCUT2D eigenvalue weighted by Gasteiger charge is -2.33. The molecule has 1 N–H and O–H groups in total. The van der Waals surface area contributed by atoms with Gasteiger partial charge < -0.3 is 19.7 Å². The van der Waals surface area contributed by atoms with Gasteiger partial charge in [0.2, 0.25) is 11.8 Å². The highest BCUT2D eigenvalue weighted by atomic mass is 35.5. The molecule has 1 unspecified atom stereocenters. The second kappa shape index (κ2) is 13.7. The molecule has 0 saturated carbocycles. The normalized spacial score (nSPS) is 11.9. The smallest absolute Gasteiger partial charge is 0.264 e. The summed E-state index contributed by atoms with van der Waals surface area (Å²) in [5.74, 6) is -0.296. The van der Waals surface area contributed by atoms with E-state index in [1.54, 1.807) is 43.3 Å².